The van der Waals surface area contributed by atoms with Gasteiger partial charge in [-0.2, -0.15) is 0 Å². The monoisotopic (exact) mass is 359 g/mol. The van der Waals surface area contributed by atoms with E-state index in [2.05, 4.69) is 4.84 Å². The zero-order chi connectivity index (χ0) is 19.4. The van der Waals surface area contributed by atoms with Gasteiger partial charge in [-0.1, -0.05) is 0 Å². The number of aliphatic hydroxyl groups excluding tert-OH is 1. The fourth-order valence-corrected chi connectivity index (χ4v) is 1.75. The van der Waals surface area contributed by atoms with Gasteiger partial charge in [0.1, 0.15) is 11.7 Å². The fraction of sp³-hybridized carbons (Fsp3) is 0.667. The molecule has 25 heavy (non-hydrogen) atoms. The molecule has 2 amide bonds. The summed E-state index contributed by atoms with van der Waals surface area (Å²) in [6.07, 6.45) is -4.26. The van der Waals surface area contributed by atoms with Crippen molar-refractivity contribution in [3.05, 3.63) is 0 Å². The highest BCUT2D eigenvalue weighted by Crippen LogP contribution is 2.16. The Balaban J connectivity index is 2.83. The van der Waals surface area contributed by atoms with Gasteiger partial charge in [-0.25, -0.2) is 9.59 Å². The van der Waals surface area contributed by atoms with Crippen molar-refractivity contribution in [2.24, 2.45) is 0 Å². The molecule has 0 bridgehead atoms. The van der Waals surface area contributed by atoms with Crippen LogP contribution in [0.15, 0.2) is 0 Å². The van der Waals surface area contributed by atoms with E-state index in [1.807, 2.05) is 0 Å². The van der Waals surface area contributed by atoms with Crippen LogP contribution in [0.4, 0.5) is 0 Å². The normalized spacial score (nSPS) is 17.1. The number of rotatable bonds is 6. The third kappa shape index (κ3) is 6.49. The number of hydrogen-bond donors (Lipinski definition) is 1. The third-order valence-electron chi connectivity index (χ3n) is 2.82. The summed E-state index contributed by atoms with van der Waals surface area (Å²) < 4.78 is 9.75. The Bertz CT molecular complexity index is 560. The van der Waals surface area contributed by atoms with Gasteiger partial charge in [-0.15, -0.1) is 5.06 Å². The van der Waals surface area contributed by atoms with Crippen molar-refractivity contribution in [3.63, 3.8) is 0 Å². The van der Waals surface area contributed by atoms with Gasteiger partial charge in [0, 0.05) is 12.8 Å². The number of amides is 2. The second-order valence-electron chi connectivity index (χ2n) is 6.38. The minimum atomic E-state index is -1.78. The summed E-state index contributed by atoms with van der Waals surface area (Å²) in [5.41, 5.74) is -0.847. The van der Waals surface area contributed by atoms with Gasteiger partial charge in [-0.05, 0) is 27.7 Å². The maximum absolute atomic E-state index is 12.1. The van der Waals surface area contributed by atoms with Crippen LogP contribution in [-0.4, -0.2) is 57.7 Å². The number of hydroxylamine groups is 2. The Hall–Kier alpha value is -2.49. The average Bonchev–Trinajstić information content (AvgIpc) is 2.76. The van der Waals surface area contributed by atoms with Gasteiger partial charge in [0.15, 0.2) is 0 Å². The van der Waals surface area contributed by atoms with Gasteiger partial charge < -0.3 is 19.4 Å². The molecule has 0 unspecified atom stereocenters. The molecule has 0 saturated carbocycles. The van der Waals surface area contributed by atoms with Crippen LogP contribution < -0.4 is 0 Å². The first-order chi connectivity index (χ1) is 11.4. The summed E-state index contributed by atoms with van der Waals surface area (Å²) in [5, 5.41) is 9.44. The Morgan fingerprint density at radius 1 is 1.12 bits per heavy atom. The summed E-state index contributed by atoms with van der Waals surface area (Å²) in [7, 11) is 0. The van der Waals surface area contributed by atoms with E-state index in [1.165, 1.54) is 0 Å². The lowest BCUT2D eigenvalue weighted by atomic mass is 10.2. The molecule has 0 aromatic rings. The summed E-state index contributed by atoms with van der Waals surface area (Å²) in [6, 6.07) is 0. The van der Waals surface area contributed by atoms with Crippen molar-refractivity contribution in [3.8, 4) is 0 Å². The van der Waals surface area contributed by atoms with Gasteiger partial charge in [-0.3, -0.25) is 14.4 Å². The fourth-order valence-electron chi connectivity index (χ4n) is 1.75. The van der Waals surface area contributed by atoms with Gasteiger partial charge in [0.2, 0.25) is 6.10 Å². The Morgan fingerprint density at radius 2 is 1.64 bits per heavy atom. The largest absolute Gasteiger partial charge is 0.460 e. The minimum absolute atomic E-state index is 0.115. The van der Waals surface area contributed by atoms with E-state index in [1.54, 1.807) is 20.8 Å². The minimum Gasteiger partial charge on any atom is -0.460 e. The number of hydrogen-bond acceptors (Lipinski definition) is 9. The first kappa shape index (κ1) is 20.6. The summed E-state index contributed by atoms with van der Waals surface area (Å²) >= 11 is 0. The molecule has 0 aromatic carbocycles. The second-order valence-corrected chi connectivity index (χ2v) is 6.38. The number of aliphatic hydroxyl groups is 1. The molecule has 1 N–H and O–H groups in total. The molecule has 0 spiro atoms. The molecule has 0 radical (unpaired) electrons. The molecule has 10 nitrogen and oxygen atoms in total. The number of carbonyl (C=O) groups excluding carboxylic acids is 5. The molecular weight excluding hydrogens is 338 g/mol. The highest BCUT2D eigenvalue weighted by atomic mass is 16.7. The highest BCUT2D eigenvalue weighted by molar-refractivity contribution is 6.02. The van der Waals surface area contributed by atoms with Crippen LogP contribution in [0.25, 0.3) is 0 Å². The summed E-state index contributed by atoms with van der Waals surface area (Å²) in [4.78, 5) is 63.1. The molecule has 10 heteroatoms. The Kier molecular flexibility index (Phi) is 6.63. The van der Waals surface area contributed by atoms with E-state index >= 15 is 0 Å². The van der Waals surface area contributed by atoms with Crippen LogP contribution in [0.2, 0.25) is 0 Å². The van der Waals surface area contributed by atoms with Crippen LogP contribution in [0.3, 0.4) is 0 Å². The number of imide groups is 1. The summed E-state index contributed by atoms with van der Waals surface area (Å²) in [6.45, 7) is 5.90. The molecule has 1 aliphatic rings. The van der Waals surface area contributed by atoms with Crippen molar-refractivity contribution in [1.82, 2.24) is 5.06 Å². The predicted octanol–water partition coefficient (Wildman–Crippen LogP) is -0.382. The maximum Gasteiger partial charge on any atom is 0.374 e. The zero-order valence-electron chi connectivity index (χ0n) is 14.4. The number of ether oxygens (including phenoxy) is 2. The van der Waals surface area contributed by atoms with Crippen molar-refractivity contribution in [2.75, 3.05) is 0 Å². The Labute approximate surface area is 143 Å². The van der Waals surface area contributed by atoms with Gasteiger partial charge >= 0.3 is 17.9 Å². The molecule has 0 aliphatic carbocycles. The zero-order valence-corrected chi connectivity index (χ0v) is 14.4. The molecular formula is C15H21NO9. The van der Waals surface area contributed by atoms with Crippen LogP contribution >= 0.6 is 0 Å². The van der Waals surface area contributed by atoms with Gasteiger partial charge in [0.05, 0.1) is 6.42 Å². The Morgan fingerprint density at radius 3 is 2.08 bits per heavy atom. The van der Waals surface area contributed by atoms with Crippen molar-refractivity contribution >= 4 is 29.7 Å². The smallest absolute Gasteiger partial charge is 0.374 e. The highest BCUT2D eigenvalue weighted by Gasteiger charge is 2.38. The topological polar surface area (TPSA) is 137 Å². The van der Waals surface area contributed by atoms with Crippen molar-refractivity contribution < 1.29 is 43.4 Å². The van der Waals surface area contributed by atoms with Crippen molar-refractivity contribution in [2.45, 2.75) is 64.8 Å². The van der Waals surface area contributed by atoms with E-state index in [0.29, 0.717) is 0 Å². The van der Waals surface area contributed by atoms with E-state index in [9.17, 15) is 29.1 Å². The lowest BCUT2D eigenvalue weighted by Crippen LogP contribution is -2.41. The standard InChI is InChI=1S/C15H21NO9/c1-8(17)13(21)23-9(7-12(20)24-15(2,3)4)14(22)25-16-10(18)5-6-11(16)19/h8-9,17H,5-7H2,1-4H3/t8-,9-/m0/s1. The van der Waals surface area contributed by atoms with E-state index in [4.69, 9.17) is 9.47 Å². The van der Waals surface area contributed by atoms with Crippen LogP contribution in [0.5, 0.6) is 0 Å². The van der Waals surface area contributed by atoms with Crippen LogP contribution in [0.1, 0.15) is 47.0 Å². The predicted molar refractivity (Wildman–Crippen MR) is 79.2 cm³/mol. The van der Waals surface area contributed by atoms with E-state index < -0.39 is 54.0 Å². The maximum atomic E-state index is 12.1. The molecule has 1 saturated heterocycles. The summed E-state index contributed by atoms with van der Waals surface area (Å²) in [5.74, 6) is -4.80. The number of nitrogens with zero attached hydrogens (tertiary/aromatic N) is 1. The first-order valence-corrected chi connectivity index (χ1v) is 7.58. The molecule has 2 atom stereocenters. The molecule has 1 rings (SSSR count). The molecule has 1 aliphatic heterocycles. The SMILES string of the molecule is C[C@H](O)C(=O)O[C@@H](CC(=O)OC(C)(C)C)C(=O)ON1C(=O)CCC1=O. The lowest BCUT2D eigenvalue weighted by molar-refractivity contribution is -0.207. The lowest BCUT2D eigenvalue weighted by Gasteiger charge is -2.22. The van der Waals surface area contributed by atoms with Crippen LogP contribution in [-0.2, 0) is 38.3 Å². The van der Waals surface area contributed by atoms with Gasteiger partial charge in [0.25, 0.3) is 11.8 Å². The number of esters is 2. The van der Waals surface area contributed by atoms with Crippen molar-refractivity contribution in [1.29, 1.82) is 0 Å². The number of carbonyl (C=O) groups is 5. The van der Waals surface area contributed by atoms with Crippen LogP contribution in [0, 0.1) is 0 Å². The van der Waals surface area contributed by atoms with E-state index in [-0.39, 0.29) is 17.9 Å². The third-order valence-corrected chi connectivity index (χ3v) is 2.82. The first-order valence-electron chi connectivity index (χ1n) is 7.58. The molecule has 0 aromatic heterocycles. The molecule has 1 heterocycles. The second kappa shape index (κ2) is 8.06. The average molecular weight is 359 g/mol. The molecule has 140 valence electrons. The van der Waals surface area contributed by atoms with E-state index in [0.717, 1.165) is 6.92 Å². The molecule has 1 fully saturated rings. The quantitative estimate of drug-likeness (QED) is 0.497.